The Balaban J connectivity index is 2.28. The lowest BCUT2D eigenvalue weighted by atomic mass is 10.0. The van der Waals surface area contributed by atoms with Crippen molar-refractivity contribution in [3.63, 3.8) is 0 Å². The molecule has 28 heavy (non-hydrogen) atoms. The van der Waals surface area contributed by atoms with Gasteiger partial charge in [-0.15, -0.1) is 0 Å². The Bertz CT molecular complexity index is 955. The summed E-state index contributed by atoms with van der Waals surface area (Å²) in [6.07, 6.45) is 2.52. The summed E-state index contributed by atoms with van der Waals surface area (Å²) in [6.45, 7) is 6.66. The molecule has 0 N–H and O–H groups in total. The van der Waals surface area contributed by atoms with E-state index in [-0.39, 0.29) is 17.0 Å². The first-order chi connectivity index (χ1) is 13.4. The molecule has 0 aromatic carbocycles. The van der Waals surface area contributed by atoms with E-state index in [1.165, 1.54) is 16.7 Å². The van der Waals surface area contributed by atoms with Crippen molar-refractivity contribution in [3.8, 4) is 6.07 Å². The van der Waals surface area contributed by atoms with Crippen LogP contribution in [-0.4, -0.2) is 53.0 Å². The first-order valence-electron chi connectivity index (χ1n) is 9.12. The number of pyridine rings is 1. The van der Waals surface area contributed by atoms with Crippen LogP contribution in [0.5, 0.6) is 0 Å². The highest BCUT2D eigenvalue weighted by molar-refractivity contribution is 8.26. The van der Waals surface area contributed by atoms with Crippen molar-refractivity contribution in [2.45, 2.75) is 26.8 Å². The summed E-state index contributed by atoms with van der Waals surface area (Å²) in [4.78, 5) is 29.6. The van der Waals surface area contributed by atoms with E-state index < -0.39 is 0 Å². The molecule has 148 valence electrons. The van der Waals surface area contributed by atoms with Gasteiger partial charge in [-0.1, -0.05) is 30.9 Å². The van der Waals surface area contributed by atoms with Gasteiger partial charge in [0.25, 0.3) is 11.5 Å². The number of thiocarbonyl (C=S) groups is 1. The number of aromatic nitrogens is 1. The molecule has 0 radical (unpaired) electrons. The fraction of sp³-hybridized carbons (Fsp3) is 0.474. The second-order valence-electron chi connectivity index (χ2n) is 6.65. The zero-order valence-electron chi connectivity index (χ0n) is 16.2. The van der Waals surface area contributed by atoms with E-state index in [9.17, 15) is 14.9 Å². The molecule has 0 bridgehead atoms. The zero-order valence-corrected chi connectivity index (χ0v) is 17.8. The van der Waals surface area contributed by atoms with Crippen LogP contribution in [0, 0.1) is 18.3 Å². The van der Waals surface area contributed by atoms with Gasteiger partial charge in [-0.3, -0.25) is 19.1 Å². The molecule has 0 saturated carbocycles. The molecule has 3 rings (SSSR count). The SMILES string of the molecule is CCCn1c(N2CCOCC2)c(C=C2SC(=S)N(C)C2=O)c(C)c(C#N)c1=O. The van der Waals surface area contributed by atoms with E-state index in [1.807, 2.05) is 6.92 Å². The highest BCUT2D eigenvalue weighted by atomic mass is 32.2. The van der Waals surface area contributed by atoms with Gasteiger partial charge >= 0.3 is 0 Å². The number of rotatable bonds is 4. The second kappa shape index (κ2) is 8.47. The zero-order chi connectivity index (χ0) is 20.4. The van der Waals surface area contributed by atoms with Crippen LogP contribution in [0.4, 0.5) is 5.82 Å². The predicted octanol–water partition coefficient (Wildman–Crippen LogP) is 2.11. The number of hydrogen-bond acceptors (Lipinski definition) is 7. The maximum absolute atomic E-state index is 13.0. The average molecular weight is 419 g/mol. The summed E-state index contributed by atoms with van der Waals surface area (Å²) in [5, 5.41) is 9.60. The number of likely N-dealkylation sites (N-methyl/N-ethyl adjacent to an activating group) is 1. The molecular formula is C19H22N4O3S2. The Labute approximate surface area is 173 Å². The molecule has 0 unspecified atom stereocenters. The number of hydrogen-bond donors (Lipinski definition) is 0. The Morgan fingerprint density at radius 1 is 1.32 bits per heavy atom. The van der Waals surface area contributed by atoms with E-state index in [0.717, 1.165) is 17.8 Å². The molecule has 1 aromatic heterocycles. The fourth-order valence-electron chi connectivity index (χ4n) is 3.37. The summed E-state index contributed by atoms with van der Waals surface area (Å²) < 4.78 is 7.62. The van der Waals surface area contributed by atoms with Gasteiger partial charge in [0, 0.05) is 32.2 Å². The topological polar surface area (TPSA) is 78.6 Å². The van der Waals surface area contributed by atoms with Crippen molar-refractivity contribution in [1.29, 1.82) is 5.26 Å². The van der Waals surface area contributed by atoms with Gasteiger partial charge < -0.3 is 9.64 Å². The van der Waals surface area contributed by atoms with E-state index in [0.29, 0.717) is 47.6 Å². The molecule has 0 spiro atoms. The number of amides is 1. The van der Waals surface area contributed by atoms with Gasteiger partial charge in [0.2, 0.25) is 0 Å². The smallest absolute Gasteiger partial charge is 0.270 e. The Kier molecular flexibility index (Phi) is 6.23. The lowest BCUT2D eigenvalue weighted by molar-refractivity contribution is -0.121. The lowest BCUT2D eigenvalue weighted by Gasteiger charge is -2.33. The van der Waals surface area contributed by atoms with Gasteiger partial charge in [-0.2, -0.15) is 5.26 Å². The maximum Gasteiger partial charge on any atom is 0.270 e. The largest absolute Gasteiger partial charge is 0.378 e. The minimum Gasteiger partial charge on any atom is -0.378 e. The second-order valence-corrected chi connectivity index (χ2v) is 8.32. The van der Waals surface area contributed by atoms with Crippen molar-refractivity contribution in [2.24, 2.45) is 0 Å². The van der Waals surface area contributed by atoms with E-state index in [2.05, 4.69) is 11.0 Å². The van der Waals surface area contributed by atoms with Crippen LogP contribution in [0.3, 0.4) is 0 Å². The number of nitriles is 1. The Hall–Kier alpha value is -2.15. The van der Waals surface area contributed by atoms with Crippen LogP contribution in [0.2, 0.25) is 0 Å². The molecule has 0 atom stereocenters. The normalized spacial score (nSPS) is 18.9. The van der Waals surface area contributed by atoms with Gasteiger partial charge in [0.1, 0.15) is 21.8 Å². The van der Waals surface area contributed by atoms with Crippen LogP contribution in [0.15, 0.2) is 9.70 Å². The Morgan fingerprint density at radius 3 is 2.54 bits per heavy atom. The minimum atomic E-state index is -0.288. The summed E-state index contributed by atoms with van der Waals surface area (Å²) in [6, 6.07) is 2.05. The number of carbonyl (C=O) groups is 1. The van der Waals surface area contributed by atoms with Crippen LogP contribution in [0.25, 0.3) is 6.08 Å². The summed E-state index contributed by atoms with van der Waals surface area (Å²) in [7, 11) is 1.65. The van der Waals surface area contributed by atoms with Gasteiger partial charge in [-0.25, -0.2) is 0 Å². The molecule has 2 aliphatic rings. The average Bonchev–Trinajstić information content (AvgIpc) is 2.93. The summed E-state index contributed by atoms with van der Waals surface area (Å²) in [5.41, 5.74) is 1.13. The van der Waals surface area contributed by atoms with Crippen LogP contribution in [-0.2, 0) is 16.1 Å². The molecule has 1 aromatic rings. The van der Waals surface area contributed by atoms with Crippen molar-refractivity contribution in [2.75, 3.05) is 38.3 Å². The first-order valence-corrected chi connectivity index (χ1v) is 10.3. The lowest BCUT2D eigenvalue weighted by Crippen LogP contribution is -2.41. The third-order valence-corrected chi connectivity index (χ3v) is 6.35. The number of nitrogens with zero attached hydrogens (tertiary/aromatic N) is 4. The van der Waals surface area contributed by atoms with Crippen LogP contribution >= 0.6 is 24.0 Å². The fourth-order valence-corrected chi connectivity index (χ4v) is 4.53. The number of morpholine rings is 1. The van der Waals surface area contributed by atoms with E-state index in [1.54, 1.807) is 24.6 Å². The van der Waals surface area contributed by atoms with Crippen molar-refractivity contribution >= 4 is 46.1 Å². The van der Waals surface area contributed by atoms with Crippen molar-refractivity contribution in [1.82, 2.24) is 9.47 Å². The third-order valence-electron chi connectivity index (χ3n) is 4.87. The highest BCUT2D eigenvalue weighted by Crippen LogP contribution is 2.35. The first kappa shape index (κ1) is 20.6. The maximum atomic E-state index is 13.0. The molecule has 3 heterocycles. The van der Waals surface area contributed by atoms with Crippen molar-refractivity contribution < 1.29 is 9.53 Å². The summed E-state index contributed by atoms with van der Waals surface area (Å²) in [5.74, 6) is 0.571. The van der Waals surface area contributed by atoms with Gasteiger partial charge in [0.15, 0.2) is 0 Å². The molecule has 9 heteroatoms. The minimum absolute atomic E-state index is 0.115. The van der Waals surface area contributed by atoms with Crippen LogP contribution in [0.1, 0.15) is 30.0 Å². The van der Waals surface area contributed by atoms with E-state index >= 15 is 0 Å². The predicted molar refractivity (Wildman–Crippen MR) is 114 cm³/mol. The standard InChI is InChI=1S/C19H22N4O3S2/c1-4-5-23-16(22-6-8-26-9-7-22)13(12(2)14(11-20)17(23)24)10-15-18(25)21(3)19(27)28-15/h10H,4-9H2,1-3H3. The molecule has 2 fully saturated rings. The molecule has 0 aliphatic carbocycles. The molecule has 1 amide bonds. The Morgan fingerprint density at radius 2 is 2.00 bits per heavy atom. The molecular weight excluding hydrogens is 396 g/mol. The highest BCUT2D eigenvalue weighted by Gasteiger charge is 2.31. The number of carbonyl (C=O) groups excluding carboxylic acids is 1. The quantitative estimate of drug-likeness (QED) is 0.547. The van der Waals surface area contributed by atoms with Gasteiger partial charge in [-0.05, 0) is 25.0 Å². The molecule has 2 aliphatic heterocycles. The van der Waals surface area contributed by atoms with Crippen molar-refractivity contribution in [3.05, 3.63) is 31.9 Å². The summed E-state index contributed by atoms with van der Waals surface area (Å²) >= 11 is 6.47. The van der Waals surface area contributed by atoms with Crippen LogP contribution < -0.4 is 10.5 Å². The monoisotopic (exact) mass is 418 g/mol. The third kappa shape index (κ3) is 3.60. The molecule has 2 saturated heterocycles. The van der Waals surface area contributed by atoms with E-state index in [4.69, 9.17) is 17.0 Å². The number of anilines is 1. The number of thioether (sulfide) groups is 1. The number of ether oxygens (including phenoxy) is 1. The van der Waals surface area contributed by atoms with Gasteiger partial charge in [0.05, 0.1) is 18.1 Å². The molecule has 7 nitrogen and oxygen atoms in total.